The molecule has 0 bridgehead atoms. The summed E-state index contributed by atoms with van der Waals surface area (Å²) in [6.07, 6.45) is 0. The summed E-state index contributed by atoms with van der Waals surface area (Å²) >= 11 is 0. The molecular weight excluding hydrogens is 318 g/mol. The lowest BCUT2D eigenvalue weighted by Crippen LogP contribution is -2.41. The van der Waals surface area contributed by atoms with Crippen LogP contribution in [-0.2, 0) is 4.74 Å². The Morgan fingerprint density at radius 1 is 1.24 bits per heavy atom. The molecule has 1 aliphatic rings. The summed E-state index contributed by atoms with van der Waals surface area (Å²) in [7, 11) is 0. The predicted octanol–water partition coefficient (Wildman–Crippen LogP) is 2.35. The van der Waals surface area contributed by atoms with Gasteiger partial charge < -0.3 is 14.5 Å². The molecule has 0 amide bonds. The molecule has 0 saturated carbocycles. The number of anilines is 1. The van der Waals surface area contributed by atoms with Crippen LogP contribution in [0.2, 0.25) is 0 Å². The third-order valence-electron chi connectivity index (χ3n) is 4.61. The van der Waals surface area contributed by atoms with Crippen molar-refractivity contribution in [2.45, 2.75) is 26.8 Å². The number of hydrogen-bond acceptors (Lipinski definition) is 7. The molecule has 1 fully saturated rings. The van der Waals surface area contributed by atoms with E-state index < -0.39 is 0 Å². The van der Waals surface area contributed by atoms with Gasteiger partial charge in [0.2, 0.25) is 0 Å². The average Bonchev–Trinajstić information content (AvgIpc) is 3.05. The van der Waals surface area contributed by atoms with E-state index >= 15 is 0 Å². The Kier molecular flexibility index (Phi) is 5.31. The lowest BCUT2D eigenvalue weighted by Gasteiger charge is -2.33. The summed E-state index contributed by atoms with van der Waals surface area (Å²) in [5.41, 5.74) is 2.18. The van der Waals surface area contributed by atoms with Crippen LogP contribution in [0.25, 0.3) is 0 Å². The second-order valence-corrected chi connectivity index (χ2v) is 6.24. The molecule has 0 spiro atoms. The van der Waals surface area contributed by atoms with Crippen LogP contribution in [0.4, 0.5) is 5.82 Å². The number of morpholine rings is 1. The lowest BCUT2D eigenvalue weighted by atomic mass is 10.1. The number of hydrogen-bond donors (Lipinski definition) is 1. The fourth-order valence-corrected chi connectivity index (χ4v) is 2.99. The van der Waals surface area contributed by atoms with Gasteiger partial charge in [0.1, 0.15) is 23.2 Å². The van der Waals surface area contributed by atoms with Gasteiger partial charge in [-0.15, -0.1) is 5.10 Å². The molecule has 3 heterocycles. The maximum absolute atomic E-state index is 9.45. The van der Waals surface area contributed by atoms with Gasteiger partial charge in [0.15, 0.2) is 5.82 Å². The van der Waals surface area contributed by atoms with E-state index in [4.69, 9.17) is 9.15 Å². The fourth-order valence-electron chi connectivity index (χ4n) is 2.99. The summed E-state index contributed by atoms with van der Waals surface area (Å²) in [6, 6.07) is 6.26. The smallest absolute Gasteiger partial charge is 0.167 e. The number of furan rings is 1. The highest BCUT2D eigenvalue weighted by atomic mass is 16.5. The van der Waals surface area contributed by atoms with Crippen molar-refractivity contribution in [2.75, 3.05) is 38.2 Å². The summed E-state index contributed by atoms with van der Waals surface area (Å²) in [4.78, 5) is 2.33. The van der Waals surface area contributed by atoms with E-state index in [1.54, 1.807) is 0 Å². The highest BCUT2D eigenvalue weighted by molar-refractivity contribution is 5.55. The van der Waals surface area contributed by atoms with Crippen molar-refractivity contribution in [1.29, 1.82) is 5.26 Å². The summed E-state index contributed by atoms with van der Waals surface area (Å²) in [5.74, 6) is 2.31. The van der Waals surface area contributed by atoms with Crippen molar-refractivity contribution in [3.8, 4) is 6.07 Å². The van der Waals surface area contributed by atoms with Crippen LogP contribution in [0.5, 0.6) is 0 Å². The van der Waals surface area contributed by atoms with Gasteiger partial charge in [-0.2, -0.15) is 10.4 Å². The minimum atomic E-state index is 0.0487. The van der Waals surface area contributed by atoms with E-state index in [-0.39, 0.29) is 6.04 Å². The van der Waals surface area contributed by atoms with Crippen molar-refractivity contribution < 1.29 is 9.15 Å². The van der Waals surface area contributed by atoms with Gasteiger partial charge in [0, 0.05) is 19.6 Å². The highest BCUT2D eigenvalue weighted by Crippen LogP contribution is 2.25. The number of aryl methyl sites for hydroxylation is 2. The maximum atomic E-state index is 9.45. The van der Waals surface area contributed by atoms with Crippen molar-refractivity contribution >= 4 is 5.82 Å². The molecule has 1 unspecified atom stereocenters. The molecular formula is C18H23N5O2. The Morgan fingerprint density at radius 3 is 2.64 bits per heavy atom. The van der Waals surface area contributed by atoms with Crippen molar-refractivity contribution in [3.63, 3.8) is 0 Å². The fraction of sp³-hybridized carbons (Fsp3) is 0.500. The van der Waals surface area contributed by atoms with Gasteiger partial charge in [-0.25, -0.2) is 0 Å². The predicted molar refractivity (Wildman–Crippen MR) is 93.3 cm³/mol. The first-order valence-electron chi connectivity index (χ1n) is 8.46. The van der Waals surface area contributed by atoms with Gasteiger partial charge >= 0.3 is 0 Å². The first-order valence-corrected chi connectivity index (χ1v) is 8.46. The second kappa shape index (κ2) is 7.64. The van der Waals surface area contributed by atoms with E-state index in [0.717, 1.165) is 35.9 Å². The summed E-state index contributed by atoms with van der Waals surface area (Å²) < 4.78 is 11.3. The topological polar surface area (TPSA) is 87.2 Å². The Balaban J connectivity index is 1.82. The Morgan fingerprint density at radius 2 is 2.00 bits per heavy atom. The van der Waals surface area contributed by atoms with Gasteiger partial charge in [-0.05, 0) is 38.5 Å². The van der Waals surface area contributed by atoms with E-state index in [1.165, 1.54) is 0 Å². The van der Waals surface area contributed by atoms with Crippen LogP contribution in [0, 0.1) is 32.1 Å². The normalized spacial score (nSPS) is 16.4. The van der Waals surface area contributed by atoms with Gasteiger partial charge in [0.05, 0.1) is 24.9 Å². The van der Waals surface area contributed by atoms with E-state index in [2.05, 4.69) is 26.5 Å². The molecule has 1 aliphatic heterocycles. The molecule has 132 valence electrons. The second-order valence-electron chi connectivity index (χ2n) is 6.24. The van der Waals surface area contributed by atoms with Crippen molar-refractivity contribution in [2.24, 2.45) is 0 Å². The first kappa shape index (κ1) is 17.4. The van der Waals surface area contributed by atoms with Gasteiger partial charge in [0.25, 0.3) is 0 Å². The van der Waals surface area contributed by atoms with Crippen molar-refractivity contribution in [3.05, 3.63) is 40.5 Å². The van der Waals surface area contributed by atoms with E-state index in [1.807, 2.05) is 32.9 Å². The van der Waals surface area contributed by atoms with Crippen LogP contribution >= 0.6 is 0 Å². The molecule has 0 aliphatic carbocycles. The molecule has 1 saturated heterocycles. The van der Waals surface area contributed by atoms with Crippen LogP contribution in [-0.4, -0.2) is 47.9 Å². The third kappa shape index (κ3) is 3.81. The lowest BCUT2D eigenvalue weighted by molar-refractivity contribution is 0.0143. The molecule has 3 rings (SSSR count). The Bertz CT molecular complexity index is 774. The molecule has 0 radical (unpaired) electrons. The Labute approximate surface area is 147 Å². The van der Waals surface area contributed by atoms with Crippen molar-refractivity contribution in [1.82, 2.24) is 15.1 Å². The van der Waals surface area contributed by atoms with Gasteiger partial charge in [-0.1, -0.05) is 0 Å². The maximum Gasteiger partial charge on any atom is 0.167 e. The van der Waals surface area contributed by atoms with Crippen LogP contribution < -0.4 is 5.32 Å². The molecule has 2 aromatic rings. The minimum Gasteiger partial charge on any atom is -0.465 e. The molecule has 7 nitrogen and oxygen atoms in total. The monoisotopic (exact) mass is 341 g/mol. The zero-order valence-corrected chi connectivity index (χ0v) is 14.9. The Hall–Kier alpha value is -2.43. The summed E-state index contributed by atoms with van der Waals surface area (Å²) in [6.45, 7) is 9.38. The molecule has 1 atom stereocenters. The standard InChI is InChI=1S/C18H23N5O2/c1-12-4-5-17(25-12)16(23-6-8-24-9-7-23)11-20-18-15(10-19)13(2)14(3)21-22-18/h4-5,16H,6-9,11H2,1-3H3,(H,20,22). The van der Waals surface area contributed by atoms with Gasteiger partial charge in [-0.3, -0.25) is 4.90 Å². The van der Waals surface area contributed by atoms with E-state index in [9.17, 15) is 5.26 Å². The molecule has 2 aromatic heterocycles. The number of aromatic nitrogens is 2. The van der Waals surface area contributed by atoms with E-state index in [0.29, 0.717) is 31.1 Å². The average molecular weight is 341 g/mol. The largest absolute Gasteiger partial charge is 0.465 e. The SMILES string of the molecule is Cc1ccc(C(CNc2nnc(C)c(C)c2C#N)N2CCOCC2)o1. The number of nitriles is 1. The summed E-state index contributed by atoms with van der Waals surface area (Å²) in [5, 5.41) is 21.1. The highest BCUT2D eigenvalue weighted by Gasteiger charge is 2.25. The molecule has 7 heteroatoms. The zero-order valence-electron chi connectivity index (χ0n) is 14.9. The molecule has 0 aromatic carbocycles. The zero-order chi connectivity index (χ0) is 17.8. The minimum absolute atomic E-state index is 0.0487. The van der Waals surface area contributed by atoms with Crippen LogP contribution in [0.15, 0.2) is 16.5 Å². The number of rotatable bonds is 5. The number of nitrogens with one attached hydrogen (secondary N) is 1. The van der Waals surface area contributed by atoms with Crippen LogP contribution in [0.3, 0.4) is 0 Å². The first-order chi connectivity index (χ1) is 12.1. The number of nitrogens with zero attached hydrogens (tertiary/aromatic N) is 4. The number of ether oxygens (including phenoxy) is 1. The van der Waals surface area contributed by atoms with Crippen LogP contribution in [0.1, 0.15) is 34.4 Å². The quantitative estimate of drug-likeness (QED) is 0.893. The molecule has 1 N–H and O–H groups in total. The molecule has 25 heavy (non-hydrogen) atoms. The third-order valence-corrected chi connectivity index (χ3v) is 4.61.